The van der Waals surface area contributed by atoms with E-state index in [9.17, 15) is 19.7 Å². The molecule has 0 spiro atoms. The first-order chi connectivity index (χ1) is 15.4. The van der Waals surface area contributed by atoms with Crippen molar-refractivity contribution < 1.29 is 38.2 Å². The maximum Gasteiger partial charge on any atom is 0.355 e. The second-order valence-corrected chi connectivity index (χ2v) is 6.41. The van der Waals surface area contributed by atoms with Crippen LogP contribution in [0.15, 0.2) is 53.7 Å². The van der Waals surface area contributed by atoms with Crippen LogP contribution in [0, 0.1) is 10.1 Å². The third-order valence-corrected chi connectivity index (χ3v) is 4.53. The molecule has 0 radical (unpaired) electrons. The Morgan fingerprint density at radius 1 is 1.03 bits per heavy atom. The van der Waals surface area contributed by atoms with Crippen molar-refractivity contribution in [2.75, 3.05) is 39.6 Å². The van der Waals surface area contributed by atoms with E-state index in [1.807, 2.05) is 0 Å². The first-order valence-corrected chi connectivity index (χ1v) is 9.25. The highest BCUT2D eigenvalue weighted by Crippen LogP contribution is 2.37. The minimum atomic E-state index is -0.826. The summed E-state index contributed by atoms with van der Waals surface area (Å²) in [5.41, 5.74) is -0.356. The lowest BCUT2D eigenvalue weighted by molar-refractivity contribution is -0.384. The minimum Gasteiger partial charge on any atom is -0.493 e. The number of anilines is 1. The summed E-state index contributed by atoms with van der Waals surface area (Å²) in [4.78, 5) is 36.9. The molecular formula is C21H20N2O9. The maximum atomic E-state index is 12.5. The Morgan fingerprint density at radius 2 is 1.72 bits per heavy atom. The van der Waals surface area contributed by atoms with Crippen molar-refractivity contribution >= 4 is 23.3 Å². The van der Waals surface area contributed by atoms with E-state index in [4.69, 9.17) is 23.7 Å². The predicted molar refractivity (Wildman–Crippen MR) is 111 cm³/mol. The molecule has 0 atom stereocenters. The molecule has 0 fully saturated rings. The molecule has 168 valence electrons. The van der Waals surface area contributed by atoms with Crippen LogP contribution in [-0.2, 0) is 23.8 Å². The fraction of sp³-hybridized carbons (Fsp3) is 0.238. The van der Waals surface area contributed by atoms with Crippen molar-refractivity contribution in [1.29, 1.82) is 0 Å². The van der Waals surface area contributed by atoms with E-state index in [1.165, 1.54) is 30.2 Å². The van der Waals surface area contributed by atoms with Crippen molar-refractivity contribution in [2.24, 2.45) is 0 Å². The van der Waals surface area contributed by atoms with E-state index in [2.05, 4.69) is 0 Å². The van der Waals surface area contributed by atoms with Gasteiger partial charge in [-0.2, -0.15) is 0 Å². The van der Waals surface area contributed by atoms with Crippen LogP contribution in [0.2, 0.25) is 0 Å². The lowest BCUT2D eigenvalue weighted by atomic mass is 10.1. The lowest BCUT2D eigenvalue weighted by Gasteiger charge is -2.31. The summed E-state index contributed by atoms with van der Waals surface area (Å²) in [7, 11) is 3.78. The summed E-state index contributed by atoms with van der Waals surface area (Å²) < 4.78 is 26.0. The molecule has 1 aliphatic rings. The summed E-state index contributed by atoms with van der Waals surface area (Å²) in [5, 5.41) is 11.6. The smallest absolute Gasteiger partial charge is 0.355 e. The van der Waals surface area contributed by atoms with Gasteiger partial charge in [-0.25, -0.2) is 9.59 Å². The zero-order valence-corrected chi connectivity index (χ0v) is 17.5. The molecule has 0 saturated heterocycles. The van der Waals surface area contributed by atoms with Gasteiger partial charge in [0.2, 0.25) is 0 Å². The highest BCUT2D eigenvalue weighted by atomic mass is 16.6. The number of carbonyl (C=O) groups is 2. The zero-order chi connectivity index (χ0) is 23.3. The van der Waals surface area contributed by atoms with E-state index < -0.39 is 16.9 Å². The molecule has 2 aromatic rings. The Morgan fingerprint density at radius 3 is 2.34 bits per heavy atom. The number of ether oxygens (including phenoxy) is 5. The average Bonchev–Trinajstić information content (AvgIpc) is 2.82. The van der Waals surface area contributed by atoms with Gasteiger partial charge in [0.15, 0.2) is 11.5 Å². The normalized spacial score (nSPS) is 13.4. The van der Waals surface area contributed by atoms with Gasteiger partial charge in [0, 0.05) is 12.1 Å². The van der Waals surface area contributed by atoms with Crippen LogP contribution in [0.1, 0.15) is 0 Å². The summed E-state index contributed by atoms with van der Waals surface area (Å²) in [6.07, 6.45) is 0. The van der Waals surface area contributed by atoms with Crippen molar-refractivity contribution in [3.63, 3.8) is 0 Å². The zero-order valence-electron chi connectivity index (χ0n) is 17.5. The van der Waals surface area contributed by atoms with E-state index in [1.54, 1.807) is 24.3 Å². The second-order valence-electron chi connectivity index (χ2n) is 6.41. The van der Waals surface area contributed by atoms with E-state index >= 15 is 0 Å². The van der Waals surface area contributed by atoms with Crippen LogP contribution in [0.4, 0.5) is 11.4 Å². The van der Waals surface area contributed by atoms with Crippen molar-refractivity contribution in [3.05, 3.63) is 63.8 Å². The molecule has 0 aliphatic carbocycles. The summed E-state index contributed by atoms with van der Waals surface area (Å²) >= 11 is 0. The maximum absolute atomic E-state index is 12.5. The van der Waals surface area contributed by atoms with Gasteiger partial charge in [-0.05, 0) is 12.1 Å². The van der Waals surface area contributed by atoms with Crippen LogP contribution in [0.25, 0.3) is 0 Å². The quantitative estimate of drug-likeness (QED) is 0.357. The number of hydrogen-bond donors (Lipinski definition) is 0. The SMILES string of the molecule is COC(=O)C1=C(C(=O)OC)N(c2cc(Oc3ccccc3OC)cc([N+](=O)[O-])c2)COC1. The van der Waals surface area contributed by atoms with Crippen LogP contribution in [0.3, 0.4) is 0 Å². The van der Waals surface area contributed by atoms with Crippen LogP contribution < -0.4 is 14.4 Å². The highest BCUT2D eigenvalue weighted by Gasteiger charge is 2.33. The van der Waals surface area contributed by atoms with Gasteiger partial charge in [-0.15, -0.1) is 0 Å². The number of nitrogens with zero attached hydrogens (tertiary/aromatic N) is 2. The van der Waals surface area contributed by atoms with Gasteiger partial charge < -0.3 is 28.6 Å². The van der Waals surface area contributed by atoms with Gasteiger partial charge in [0.1, 0.15) is 18.2 Å². The standard InChI is InChI=1S/C21H20N2O9/c1-28-17-6-4-5-7-18(17)32-15-9-13(8-14(10-15)23(26)27)22-12-31-11-16(20(24)29-2)19(22)21(25)30-3/h4-10H,11-12H2,1-3H3. The van der Waals surface area contributed by atoms with Crippen LogP contribution >= 0.6 is 0 Å². The lowest BCUT2D eigenvalue weighted by Crippen LogP contribution is -2.38. The Labute approximate surface area is 182 Å². The molecule has 0 unspecified atom stereocenters. The average molecular weight is 444 g/mol. The van der Waals surface area contributed by atoms with E-state index in [-0.39, 0.29) is 41.7 Å². The Kier molecular flexibility index (Phi) is 6.90. The number of methoxy groups -OCH3 is 3. The number of rotatable bonds is 7. The molecular weight excluding hydrogens is 424 g/mol. The fourth-order valence-electron chi connectivity index (χ4n) is 3.07. The van der Waals surface area contributed by atoms with Crippen LogP contribution in [0.5, 0.6) is 17.2 Å². The molecule has 0 aromatic heterocycles. The molecule has 0 saturated carbocycles. The summed E-state index contributed by atoms with van der Waals surface area (Å²) in [6, 6.07) is 10.7. The highest BCUT2D eigenvalue weighted by molar-refractivity contribution is 6.03. The van der Waals surface area contributed by atoms with Gasteiger partial charge in [0.05, 0.1) is 50.2 Å². The number of nitro benzene ring substituents is 1. The van der Waals surface area contributed by atoms with Gasteiger partial charge in [0.25, 0.3) is 5.69 Å². The number of benzene rings is 2. The largest absolute Gasteiger partial charge is 0.493 e. The number of non-ortho nitro benzene ring substituents is 1. The molecule has 0 bridgehead atoms. The Hall–Kier alpha value is -4.12. The van der Waals surface area contributed by atoms with Crippen molar-refractivity contribution in [1.82, 2.24) is 0 Å². The van der Waals surface area contributed by atoms with Gasteiger partial charge in [-0.1, -0.05) is 12.1 Å². The minimum absolute atomic E-state index is 0.0793. The first kappa shape index (κ1) is 22.6. The molecule has 1 heterocycles. The molecule has 11 nitrogen and oxygen atoms in total. The van der Waals surface area contributed by atoms with Crippen molar-refractivity contribution in [2.45, 2.75) is 0 Å². The predicted octanol–water partition coefficient (Wildman–Crippen LogP) is 2.79. The monoisotopic (exact) mass is 444 g/mol. The molecule has 0 amide bonds. The second kappa shape index (κ2) is 9.79. The summed E-state index contributed by atoms with van der Waals surface area (Å²) in [6.45, 7) is -0.354. The Balaban J connectivity index is 2.12. The molecule has 11 heteroatoms. The molecule has 2 aromatic carbocycles. The van der Waals surface area contributed by atoms with Crippen LogP contribution in [-0.4, -0.2) is 51.5 Å². The topological polar surface area (TPSA) is 127 Å². The summed E-state index contributed by atoms with van der Waals surface area (Å²) in [5.74, 6) is -0.758. The van der Waals surface area contributed by atoms with Gasteiger partial charge >= 0.3 is 11.9 Å². The van der Waals surface area contributed by atoms with Gasteiger partial charge in [-0.3, -0.25) is 10.1 Å². The molecule has 1 aliphatic heterocycles. The Bertz CT molecular complexity index is 1080. The number of esters is 2. The molecule has 3 rings (SSSR count). The first-order valence-electron chi connectivity index (χ1n) is 9.25. The number of para-hydroxylation sites is 2. The third-order valence-electron chi connectivity index (χ3n) is 4.53. The third kappa shape index (κ3) is 4.62. The van der Waals surface area contributed by atoms with Crippen molar-refractivity contribution in [3.8, 4) is 17.2 Å². The fourth-order valence-corrected chi connectivity index (χ4v) is 3.07. The number of carbonyl (C=O) groups excluding carboxylic acids is 2. The molecule has 32 heavy (non-hydrogen) atoms. The van der Waals surface area contributed by atoms with E-state index in [0.717, 1.165) is 14.2 Å². The molecule has 0 N–H and O–H groups in total. The number of hydrogen-bond acceptors (Lipinski definition) is 10. The van der Waals surface area contributed by atoms with E-state index in [0.29, 0.717) is 11.5 Å². The number of nitro groups is 1.